The van der Waals surface area contributed by atoms with Crippen LogP contribution in [0, 0.1) is 0 Å². The van der Waals surface area contributed by atoms with E-state index in [0.717, 1.165) is 103 Å². The van der Waals surface area contributed by atoms with Crippen molar-refractivity contribution >= 4 is 17.9 Å². The quantitative estimate of drug-likeness (QED) is 0.0261. The fourth-order valence-electron chi connectivity index (χ4n) is 10.5. The lowest BCUT2D eigenvalue weighted by molar-refractivity contribution is -0.167. The van der Waals surface area contributed by atoms with Crippen molar-refractivity contribution in [1.29, 1.82) is 0 Å². The summed E-state index contributed by atoms with van der Waals surface area (Å²) in [6, 6.07) is 0. The van der Waals surface area contributed by atoms with Gasteiger partial charge in [0.1, 0.15) is 13.2 Å². The second-order valence-electron chi connectivity index (χ2n) is 24.1. The molecule has 0 amide bonds. The summed E-state index contributed by atoms with van der Waals surface area (Å²) in [5, 5.41) is 0. The number of unbranched alkanes of at least 4 members (excludes halogenated alkanes) is 41. The van der Waals surface area contributed by atoms with Crippen LogP contribution in [0.4, 0.5) is 0 Å². The third kappa shape index (κ3) is 69.3. The minimum absolute atomic E-state index is 0.0712. The van der Waals surface area contributed by atoms with Gasteiger partial charge < -0.3 is 14.2 Å². The summed E-state index contributed by atoms with van der Waals surface area (Å²) in [4.78, 5) is 38.1. The lowest BCUT2D eigenvalue weighted by Gasteiger charge is -2.18. The second-order valence-corrected chi connectivity index (χ2v) is 24.1. The molecule has 0 N–H and O–H groups in total. The SMILES string of the molecule is CC/C=C\C/C=C\C/C=C\C/C=C\C/C=C\C/C=C\C/C=C\CCCCCCCCCCCCCCCC(=O)OCC(COC(=O)CCCCCCCC)OC(=O)CCCCCCCCCCCCCCCCCCCCCCCCCC. The molecule has 6 heteroatoms. The van der Waals surface area contributed by atoms with Crippen LogP contribution in [0.3, 0.4) is 0 Å². The van der Waals surface area contributed by atoms with Crippen LogP contribution in [0.5, 0.6) is 0 Å². The van der Waals surface area contributed by atoms with Crippen LogP contribution in [0.2, 0.25) is 0 Å². The Labute approximate surface area is 515 Å². The van der Waals surface area contributed by atoms with Gasteiger partial charge in [0, 0.05) is 19.3 Å². The van der Waals surface area contributed by atoms with E-state index in [2.05, 4.69) is 106 Å². The van der Waals surface area contributed by atoms with Crippen LogP contribution >= 0.6 is 0 Å². The predicted octanol–water partition coefficient (Wildman–Crippen LogP) is 25.0. The highest BCUT2D eigenvalue weighted by atomic mass is 16.6. The van der Waals surface area contributed by atoms with Gasteiger partial charge >= 0.3 is 17.9 Å². The van der Waals surface area contributed by atoms with Gasteiger partial charge in [0.2, 0.25) is 0 Å². The summed E-state index contributed by atoms with van der Waals surface area (Å²) in [5.41, 5.74) is 0. The van der Waals surface area contributed by atoms with Gasteiger partial charge in [-0.25, -0.2) is 0 Å². The molecule has 0 fully saturated rings. The molecule has 0 aliphatic carbocycles. The normalized spacial score (nSPS) is 12.6. The number of esters is 3. The van der Waals surface area contributed by atoms with Crippen molar-refractivity contribution in [2.24, 2.45) is 0 Å². The number of carbonyl (C=O) groups excluding carboxylic acids is 3. The number of rotatable bonds is 66. The van der Waals surface area contributed by atoms with Crippen LogP contribution in [-0.4, -0.2) is 37.2 Å². The summed E-state index contributed by atoms with van der Waals surface area (Å²) >= 11 is 0. The molecule has 0 radical (unpaired) electrons. The number of allylic oxidation sites excluding steroid dienone is 14. The lowest BCUT2D eigenvalue weighted by atomic mass is 10.0. The molecule has 0 bridgehead atoms. The first-order valence-electron chi connectivity index (χ1n) is 36.1. The molecule has 1 unspecified atom stereocenters. The molecule has 0 aliphatic rings. The molecule has 83 heavy (non-hydrogen) atoms. The third-order valence-corrected chi connectivity index (χ3v) is 15.9. The minimum Gasteiger partial charge on any atom is -0.462 e. The molecule has 0 aromatic heterocycles. The zero-order valence-corrected chi connectivity index (χ0v) is 55.2. The highest BCUT2D eigenvalue weighted by molar-refractivity contribution is 5.71. The fourth-order valence-corrected chi connectivity index (χ4v) is 10.5. The van der Waals surface area contributed by atoms with E-state index in [0.29, 0.717) is 19.3 Å². The van der Waals surface area contributed by atoms with Gasteiger partial charge in [-0.2, -0.15) is 0 Å². The van der Waals surface area contributed by atoms with Gasteiger partial charge in [0.05, 0.1) is 0 Å². The maximum Gasteiger partial charge on any atom is 0.306 e. The van der Waals surface area contributed by atoms with E-state index in [1.54, 1.807) is 0 Å². The Bertz CT molecular complexity index is 1570. The lowest BCUT2D eigenvalue weighted by Crippen LogP contribution is -2.30. The van der Waals surface area contributed by atoms with Gasteiger partial charge in [-0.1, -0.05) is 356 Å². The summed E-state index contributed by atoms with van der Waals surface area (Å²) in [6.45, 7) is 6.52. The number of carbonyl (C=O) groups is 3. The number of ether oxygens (including phenoxy) is 3. The van der Waals surface area contributed by atoms with Crippen LogP contribution in [0.15, 0.2) is 85.1 Å². The molecule has 0 heterocycles. The Kier molecular flexibility index (Phi) is 68.2. The van der Waals surface area contributed by atoms with E-state index in [1.807, 2.05) is 0 Å². The first-order chi connectivity index (χ1) is 41.0. The molecule has 0 aromatic rings. The molecule has 0 rings (SSSR count). The molecule has 6 nitrogen and oxygen atoms in total. The van der Waals surface area contributed by atoms with Crippen LogP contribution < -0.4 is 0 Å². The monoisotopic (exact) mass is 1160 g/mol. The Morgan fingerprint density at radius 3 is 0.735 bits per heavy atom. The van der Waals surface area contributed by atoms with Crippen molar-refractivity contribution < 1.29 is 28.6 Å². The van der Waals surface area contributed by atoms with Crippen molar-refractivity contribution in [1.82, 2.24) is 0 Å². The van der Waals surface area contributed by atoms with E-state index in [4.69, 9.17) is 14.2 Å². The van der Waals surface area contributed by atoms with E-state index >= 15 is 0 Å². The number of hydrogen-bond donors (Lipinski definition) is 0. The zero-order valence-electron chi connectivity index (χ0n) is 55.2. The van der Waals surface area contributed by atoms with E-state index < -0.39 is 6.10 Å². The Balaban J connectivity index is 3.99. The Morgan fingerprint density at radius 1 is 0.253 bits per heavy atom. The molecular weight excluding hydrogens is 1020 g/mol. The van der Waals surface area contributed by atoms with Crippen molar-refractivity contribution in [3.8, 4) is 0 Å². The summed E-state index contributed by atoms with van der Waals surface area (Å²) < 4.78 is 16.9. The molecular formula is C77H136O6. The minimum atomic E-state index is -0.771. The van der Waals surface area contributed by atoms with Crippen molar-refractivity contribution in [3.05, 3.63) is 85.1 Å². The smallest absolute Gasteiger partial charge is 0.306 e. The van der Waals surface area contributed by atoms with Crippen molar-refractivity contribution in [2.75, 3.05) is 13.2 Å². The van der Waals surface area contributed by atoms with Crippen LogP contribution in [0.25, 0.3) is 0 Å². The molecule has 0 spiro atoms. The maximum atomic E-state index is 12.9. The van der Waals surface area contributed by atoms with Gasteiger partial charge in [-0.05, 0) is 77.0 Å². The van der Waals surface area contributed by atoms with Crippen molar-refractivity contribution in [2.45, 2.75) is 374 Å². The van der Waals surface area contributed by atoms with Crippen molar-refractivity contribution in [3.63, 3.8) is 0 Å². The first-order valence-corrected chi connectivity index (χ1v) is 36.1. The number of hydrogen-bond acceptors (Lipinski definition) is 6. The third-order valence-electron chi connectivity index (χ3n) is 15.9. The van der Waals surface area contributed by atoms with E-state index in [-0.39, 0.29) is 31.1 Å². The molecule has 480 valence electrons. The highest BCUT2D eigenvalue weighted by Gasteiger charge is 2.19. The molecule has 0 aliphatic heterocycles. The molecule has 1 atom stereocenters. The maximum absolute atomic E-state index is 12.9. The standard InChI is InChI=1S/C77H136O6/c1-4-7-10-13-16-18-20-22-24-26-28-30-32-34-35-36-37-38-39-40-41-42-43-44-46-47-49-51-53-55-57-59-61-64-67-70-76(79)82-73-74(72-81-75(78)69-66-63-15-12-9-6-3)83-77(80)71-68-65-62-60-58-56-54-52-50-48-45-33-31-29-27-25-23-21-19-17-14-11-8-5-2/h7,10,16,18,22,24,28,30,34-35,37-38,40-41,74H,4-6,8-9,11-15,17,19-21,23,25-27,29,31-33,36,39,42-73H2,1-3H3/b10-7-,18-16-,24-22-,30-28-,35-34-,38-37-,41-40-. The Morgan fingerprint density at radius 2 is 0.470 bits per heavy atom. The molecule has 0 saturated carbocycles. The summed E-state index contributed by atoms with van der Waals surface area (Å²) in [6.07, 6.45) is 95.2. The fraction of sp³-hybridized carbons (Fsp3) is 0.779. The predicted molar refractivity (Wildman–Crippen MR) is 362 cm³/mol. The van der Waals surface area contributed by atoms with Crippen LogP contribution in [-0.2, 0) is 28.6 Å². The first kappa shape index (κ1) is 79.6. The Hall–Kier alpha value is -3.41. The average molecular weight is 1160 g/mol. The average Bonchev–Trinajstić information content (AvgIpc) is 3.48. The molecule has 0 saturated heterocycles. The summed E-state index contributed by atoms with van der Waals surface area (Å²) in [7, 11) is 0. The van der Waals surface area contributed by atoms with Gasteiger partial charge in [-0.15, -0.1) is 0 Å². The van der Waals surface area contributed by atoms with E-state index in [9.17, 15) is 14.4 Å². The topological polar surface area (TPSA) is 78.9 Å². The second kappa shape index (κ2) is 71.1. The van der Waals surface area contributed by atoms with Gasteiger partial charge in [0.25, 0.3) is 0 Å². The van der Waals surface area contributed by atoms with Gasteiger partial charge in [-0.3, -0.25) is 14.4 Å². The van der Waals surface area contributed by atoms with E-state index in [1.165, 1.54) is 225 Å². The van der Waals surface area contributed by atoms with Gasteiger partial charge in [0.15, 0.2) is 6.10 Å². The van der Waals surface area contributed by atoms with Crippen LogP contribution in [0.1, 0.15) is 367 Å². The summed E-state index contributed by atoms with van der Waals surface area (Å²) in [5.74, 6) is -0.862. The highest BCUT2D eigenvalue weighted by Crippen LogP contribution is 2.18. The molecule has 0 aromatic carbocycles. The largest absolute Gasteiger partial charge is 0.462 e. The zero-order chi connectivity index (χ0) is 59.9.